The van der Waals surface area contributed by atoms with Gasteiger partial charge in [0.15, 0.2) is 0 Å². The molecule has 0 bridgehead atoms. The molecule has 1 amide bonds. The minimum Gasteiger partial charge on any atom is -0.496 e. The van der Waals surface area contributed by atoms with Crippen LogP contribution in [-0.4, -0.2) is 63.2 Å². The molecule has 0 unspecified atom stereocenters. The Hall–Kier alpha value is -4.89. The van der Waals surface area contributed by atoms with Crippen molar-refractivity contribution < 1.29 is 23.5 Å². The lowest BCUT2D eigenvalue weighted by Gasteiger charge is -2.38. The molecule has 1 aliphatic heterocycles. The molecular weight excluding hydrogens is 611 g/mol. The molecule has 0 radical (unpaired) electrons. The van der Waals surface area contributed by atoms with Crippen LogP contribution in [0.2, 0.25) is 0 Å². The van der Waals surface area contributed by atoms with E-state index >= 15 is 0 Å². The van der Waals surface area contributed by atoms with Gasteiger partial charge in [-0.15, -0.1) is 0 Å². The van der Waals surface area contributed by atoms with E-state index in [9.17, 15) is 9.59 Å². The number of carbonyl (C=O) groups is 2. The third kappa shape index (κ3) is 7.10. The summed E-state index contributed by atoms with van der Waals surface area (Å²) in [7, 11) is 1.59. The van der Waals surface area contributed by atoms with E-state index in [4.69, 9.17) is 13.9 Å². The van der Waals surface area contributed by atoms with Crippen LogP contribution in [0.3, 0.4) is 0 Å². The van der Waals surface area contributed by atoms with E-state index in [0.717, 1.165) is 40.2 Å². The smallest absolute Gasteiger partial charge is 0.374 e. The summed E-state index contributed by atoms with van der Waals surface area (Å²) in [6, 6.07) is 32.4. The fourth-order valence-electron chi connectivity index (χ4n) is 5.95. The predicted molar refractivity (Wildman–Crippen MR) is 188 cm³/mol. The Balaban J connectivity index is 1.25. The molecule has 4 aromatic carbocycles. The zero-order valence-electron chi connectivity index (χ0n) is 27.0. The molecule has 6 rings (SSSR count). The van der Waals surface area contributed by atoms with Gasteiger partial charge >= 0.3 is 5.97 Å². The van der Waals surface area contributed by atoms with Crippen LogP contribution in [0.1, 0.15) is 39.0 Å². The summed E-state index contributed by atoms with van der Waals surface area (Å²) in [5, 5.41) is 0.894. The highest BCUT2D eigenvalue weighted by Crippen LogP contribution is 2.39. The van der Waals surface area contributed by atoms with Crippen molar-refractivity contribution in [2.24, 2.45) is 0 Å². The lowest BCUT2D eigenvalue weighted by Crippen LogP contribution is -2.49. The Morgan fingerprint density at radius 3 is 2.38 bits per heavy atom. The summed E-state index contributed by atoms with van der Waals surface area (Å²) in [5.74, 6) is 0.390. The van der Waals surface area contributed by atoms with Gasteiger partial charge in [0.2, 0.25) is 5.76 Å². The van der Waals surface area contributed by atoms with E-state index in [1.165, 1.54) is 5.56 Å². The molecule has 47 heavy (non-hydrogen) atoms. The summed E-state index contributed by atoms with van der Waals surface area (Å²) < 4.78 is 18.9. The number of nitrogens with zero attached hydrogens (tertiary/aromatic N) is 3. The highest BCUT2D eigenvalue weighted by Gasteiger charge is 2.27. The van der Waals surface area contributed by atoms with Crippen LogP contribution < -0.4 is 13.9 Å². The quantitative estimate of drug-likeness (QED) is 0.107. The molecule has 1 aromatic heterocycles. The minimum atomic E-state index is -0.446. The summed E-state index contributed by atoms with van der Waals surface area (Å²) in [6.45, 7) is 7.40. The molecule has 0 spiro atoms. The number of hydrogen-bond donors (Lipinski definition) is 0. The number of methoxy groups -OCH3 is 1. The first kappa shape index (κ1) is 32.1. The van der Waals surface area contributed by atoms with Gasteiger partial charge in [-0.05, 0) is 80.2 Å². The van der Waals surface area contributed by atoms with Crippen LogP contribution in [0.15, 0.2) is 106 Å². The van der Waals surface area contributed by atoms with Crippen LogP contribution in [0.4, 0.5) is 11.4 Å². The molecular formula is C38H39N3O5S. The van der Waals surface area contributed by atoms with Gasteiger partial charge < -0.3 is 28.0 Å². The largest absolute Gasteiger partial charge is 0.496 e. The molecule has 0 saturated carbocycles. The predicted octanol–water partition coefficient (Wildman–Crippen LogP) is 7.65. The number of fused-ring (bicyclic) bond motifs is 1. The highest BCUT2D eigenvalue weighted by atomic mass is 32.2. The van der Waals surface area contributed by atoms with Gasteiger partial charge in [0, 0.05) is 48.6 Å². The van der Waals surface area contributed by atoms with Crippen molar-refractivity contribution in [1.82, 2.24) is 4.90 Å². The molecule has 1 fully saturated rings. The van der Waals surface area contributed by atoms with Crippen LogP contribution in [-0.2, 0) is 11.2 Å². The summed E-state index contributed by atoms with van der Waals surface area (Å²) in [4.78, 5) is 31.2. The van der Waals surface area contributed by atoms with Gasteiger partial charge in [-0.2, -0.15) is 0 Å². The number of aryl methyl sites for hydroxylation is 1. The van der Waals surface area contributed by atoms with Crippen molar-refractivity contribution in [3.05, 3.63) is 120 Å². The number of amides is 1. The molecule has 1 aliphatic rings. The highest BCUT2D eigenvalue weighted by molar-refractivity contribution is 8.00. The molecule has 0 N–H and O–H groups in total. The Bertz CT molecular complexity index is 1850. The van der Waals surface area contributed by atoms with Crippen molar-refractivity contribution in [2.45, 2.75) is 25.2 Å². The average Bonchev–Trinajstić information content (AvgIpc) is 3.45. The first-order valence-corrected chi connectivity index (χ1v) is 16.7. The standard InChI is InChI=1S/C38H39N3O5S/c1-4-45-38(43)36-27(2)31-26-29(18-19-35(31)46-36)47-41(21-20-28-12-6-5-7-13-28)33-16-10-9-15-32(33)39-22-24-40(25-23-39)37(42)30-14-8-11-17-34(30)44-3/h5-19,26H,4,20-25H2,1-3H3. The van der Waals surface area contributed by atoms with Crippen molar-refractivity contribution >= 4 is 46.2 Å². The minimum absolute atomic E-state index is 0.00789. The molecule has 9 heteroatoms. The number of piperazine rings is 1. The zero-order chi connectivity index (χ0) is 32.8. The molecule has 0 atom stereocenters. The Labute approximate surface area is 280 Å². The maximum Gasteiger partial charge on any atom is 0.374 e. The molecule has 1 saturated heterocycles. The number of para-hydroxylation sites is 3. The zero-order valence-corrected chi connectivity index (χ0v) is 27.8. The summed E-state index contributed by atoms with van der Waals surface area (Å²) >= 11 is 1.67. The number of ether oxygens (including phenoxy) is 2. The van der Waals surface area contributed by atoms with Crippen molar-refractivity contribution in [3.8, 4) is 5.75 Å². The van der Waals surface area contributed by atoms with E-state index in [1.807, 2.05) is 54.3 Å². The normalized spacial score (nSPS) is 13.1. The number of hydrogen-bond acceptors (Lipinski definition) is 8. The van der Waals surface area contributed by atoms with Crippen LogP contribution >= 0.6 is 11.9 Å². The van der Waals surface area contributed by atoms with Gasteiger partial charge in [0.1, 0.15) is 11.3 Å². The van der Waals surface area contributed by atoms with Crippen LogP contribution in [0.5, 0.6) is 5.75 Å². The number of anilines is 2. The maximum atomic E-state index is 13.4. The Kier molecular flexibility index (Phi) is 10.0. The first-order chi connectivity index (χ1) is 23.0. The van der Waals surface area contributed by atoms with Crippen molar-refractivity contribution in [2.75, 3.05) is 55.6 Å². The van der Waals surface area contributed by atoms with Gasteiger partial charge in [-0.3, -0.25) is 4.79 Å². The molecule has 0 aliphatic carbocycles. The Morgan fingerprint density at radius 2 is 1.62 bits per heavy atom. The SMILES string of the molecule is CCOC(=O)c1oc2ccc(SN(CCc3ccccc3)c3ccccc3N3CCN(C(=O)c4ccccc4OC)CC3)cc2c1C. The van der Waals surface area contributed by atoms with Gasteiger partial charge in [0.25, 0.3) is 5.91 Å². The maximum absolute atomic E-state index is 13.4. The van der Waals surface area contributed by atoms with Crippen LogP contribution in [0.25, 0.3) is 11.0 Å². The van der Waals surface area contributed by atoms with Crippen molar-refractivity contribution in [1.29, 1.82) is 0 Å². The lowest BCUT2D eigenvalue weighted by molar-refractivity contribution is 0.0491. The van der Waals surface area contributed by atoms with E-state index in [1.54, 1.807) is 26.0 Å². The van der Waals surface area contributed by atoms with Crippen LogP contribution in [0, 0.1) is 6.92 Å². The average molecular weight is 650 g/mol. The number of esters is 1. The fourth-order valence-corrected chi connectivity index (χ4v) is 6.94. The molecule has 8 nitrogen and oxygen atoms in total. The number of furan rings is 1. The lowest BCUT2D eigenvalue weighted by atomic mass is 10.1. The fraction of sp³-hybridized carbons (Fsp3) is 0.263. The topological polar surface area (TPSA) is 75.5 Å². The second-order valence-electron chi connectivity index (χ2n) is 11.3. The summed E-state index contributed by atoms with van der Waals surface area (Å²) in [5.41, 5.74) is 5.52. The monoisotopic (exact) mass is 649 g/mol. The second kappa shape index (κ2) is 14.7. The number of carbonyl (C=O) groups excluding carboxylic acids is 2. The van der Waals surface area contributed by atoms with E-state index in [0.29, 0.717) is 49.7 Å². The molecule has 2 heterocycles. The van der Waals surface area contributed by atoms with Gasteiger partial charge in [-0.1, -0.05) is 54.6 Å². The van der Waals surface area contributed by atoms with E-state index in [2.05, 4.69) is 63.8 Å². The molecule has 5 aromatic rings. The van der Waals surface area contributed by atoms with E-state index < -0.39 is 5.97 Å². The third-order valence-electron chi connectivity index (χ3n) is 8.43. The third-order valence-corrected chi connectivity index (χ3v) is 9.49. The first-order valence-electron chi connectivity index (χ1n) is 15.9. The van der Waals surface area contributed by atoms with E-state index in [-0.39, 0.29) is 11.7 Å². The molecule has 242 valence electrons. The number of benzene rings is 4. The summed E-state index contributed by atoms with van der Waals surface area (Å²) in [6.07, 6.45) is 0.864. The van der Waals surface area contributed by atoms with Gasteiger partial charge in [0.05, 0.1) is 30.7 Å². The van der Waals surface area contributed by atoms with Gasteiger partial charge in [-0.25, -0.2) is 4.79 Å². The second-order valence-corrected chi connectivity index (χ2v) is 12.4. The Morgan fingerprint density at radius 1 is 0.894 bits per heavy atom. The number of rotatable bonds is 11. The van der Waals surface area contributed by atoms with Crippen molar-refractivity contribution in [3.63, 3.8) is 0 Å².